The quantitative estimate of drug-likeness (QED) is 0.701. The molecule has 4 nitrogen and oxygen atoms in total. The second-order valence-corrected chi connectivity index (χ2v) is 7.38. The summed E-state index contributed by atoms with van der Waals surface area (Å²) in [5.74, 6) is 1.67. The molecule has 0 aliphatic carbocycles. The third-order valence-corrected chi connectivity index (χ3v) is 5.10. The molecule has 4 rings (SSSR count). The van der Waals surface area contributed by atoms with Gasteiger partial charge in [0, 0.05) is 36.4 Å². The highest BCUT2D eigenvalue weighted by Gasteiger charge is 2.18. The molecule has 3 aromatic rings. The van der Waals surface area contributed by atoms with E-state index in [1.165, 1.54) is 16.7 Å². The summed E-state index contributed by atoms with van der Waals surface area (Å²) in [6.45, 7) is 4.63. The average Bonchev–Trinajstić information content (AvgIpc) is 2.67. The van der Waals surface area contributed by atoms with Crippen LogP contribution in [0, 0.1) is 6.92 Å². The number of aromatic nitrogens is 2. The summed E-state index contributed by atoms with van der Waals surface area (Å²) in [6.07, 6.45) is 1.93. The molecule has 0 unspecified atom stereocenters. The number of benzene rings is 2. The highest BCUT2D eigenvalue weighted by atomic mass is 35.5. The van der Waals surface area contributed by atoms with Crippen LogP contribution in [0.25, 0.3) is 0 Å². The highest BCUT2D eigenvalue weighted by Crippen LogP contribution is 2.23. The van der Waals surface area contributed by atoms with Crippen molar-refractivity contribution in [2.45, 2.75) is 26.3 Å². The lowest BCUT2D eigenvalue weighted by Crippen LogP contribution is -2.32. The lowest BCUT2D eigenvalue weighted by Gasteiger charge is -2.29. The van der Waals surface area contributed by atoms with Gasteiger partial charge in [0.1, 0.15) is 5.82 Å². The van der Waals surface area contributed by atoms with Gasteiger partial charge in [-0.15, -0.1) is 0 Å². The maximum Gasteiger partial charge on any atom is 0.227 e. The number of hydrogen-bond donors (Lipinski definition) is 1. The average molecular weight is 379 g/mol. The number of hydrogen-bond acceptors (Lipinski definition) is 4. The topological polar surface area (TPSA) is 41.1 Å². The Bertz CT molecular complexity index is 941. The fourth-order valence-electron chi connectivity index (χ4n) is 3.48. The van der Waals surface area contributed by atoms with Gasteiger partial charge >= 0.3 is 0 Å². The van der Waals surface area contributed by atoms with E-state index in [0.717, 1.165) is 55.0 Å². The Labute approximate surface area is 165 Å². The van der Waals surface area contributed by atoms with Crippen LogP contribution < -0.4 is 10.2 Å². The second kappa shape index (κ2) is 7.97. The number of fused-ring (bicyclic) bond motifs is 1. The molecule has 2 heterocycles. The van der Waals surface area contributed by atoms with Gasteiger partial charge in [-0.1, -0.05) is 48.0 Å². The summed E-state index contributed by atoms with van der Waals surface area (Å²) in [5.41, 5.74) is 4.99. The minimum absolute atomic E-state index is 0.776. The monoisotopic (exact) mass is 378 g/mol. The summed E-state index contributed by atoms with van der Waals surface area (Å²) in [6, 6.07) is 18.6. The van der Waals surface area contributed by atoms with E-state index in [4.69, 9.17) is 16.6 Å². The van der Waals surface area contributed by atoms with Crippen molar-refractivity contribution in [3.05, 3.63) is 82.0 Å². The van der Waals surface area contributed by atoms with Crippen LogP contribution in [0.5, 0.6) is 0 Å². The molecule has 138 valence electrons. The van der Waals surface area contributed by atoms with E-state index in [1.54, 1.807) is 0 Å². The fourth-order valence-corrected chi connectivity index (χ4v) is 3.69. The molecule has 1 aliphatic rings. The molecule has 27 heavy (non-hydrogen) atoms. The van der Waals surface area contributed by atoms with Gasteiger partial charge in [0.25, 0.3) is 0 Å². The van der Waals surface area contributed by atoms with E-state index in [9.17, 15) is 0 Å². The minimum Gasteiger partial charge on any atom is -0.370 e. The summed E-state index contributed by atoms with van der Waals surface area (Å²) in [5, 5.41) is 4.21. The van der Waals surface area contributed by atoms with E-state index in [0.29, 0.717) is 0 Å². The van der Waals surface area contributed by atoms with E-state index in [2.05, 4.69) is 45.5 Å². The highest BCUT2D eigenvalue weighted by molar-refractivity contribution is 6.30. The predicted molar refractivity (Wildman–Crippen MR) is 112 cm³/mol. The van der Waals surface area contributed by atoms with Crippen molar-refractivity contribution in [3.8, 4) is 0 Å². The SMILES string of the molecule is Cc1cc(NCCc2cccc(Cl)c2)nc(N2CCc3ccccc3C2)n1. The molecule has 0 atom stereocenters. The maximum absolute atomic E-state index is 6.06. The molecule has 0 spiro atoms. The van der Waals surface area contributed by atoms with Crippen molar-refractivity contribution in [1.29, 1.82) is 0 Å². The van der Waals surface area contributed by atoms with Crippen molar-refractivity contribution in [3.63, 3.8) is 0 Å². The largest absolute Gasteiger partial charge is 0.370 e. The van der Waals surface area contributed by atoms with E-state index in [-0.39, 0.29) is 0 Å². The molecule has 0 bridgehead atoms. The van der Waals surface area contributed by atoms with E-state index in [1.807, 2.05) is 31.2 Å². The Morgan fingerprint density at radius 3 is 2.74 bits per heavy atom. The number of aryl methyl sites for hydroxylation is 1. The van der Waals surface area contributed by atoms with Gasteiger partial charge in [0.15, 0.2) is 0 Å². The Morgan fingerprint density at radius 1 is 1.04 bits per heavy atom. The summed E-state index contributed by atoms with van der Waals surface area (Å²) in [4.78, 5) is 11.7. The van der Waals surface area contributed by atoms with Crippen molar-refractivity contribution in [2.24, 2.45) is 0 Å². The molecule has 1 aromatic heterocycles. The Hall–Kier alpha value is -2.59. The molecule has 0 saturated heterocycles. The number of rotatable bonds is 5. The first-order valence-electron chi connectivity index (χ1n) is 9.33. The number of nitrogens with one attached hydrogen (secondary N) is 1. The number of nitrogens with zero attached hydrogens (tertiary/aromatic N) is 3. The molecule has 1 N–H and O–H groups in total. The molecule has 0 fully saturated rings. The second-order valence-electron chi connectivity index (χ2n) is 6.94. The van der Waals surface area contributed by atoms with Crippen LogP contribution in [-0.4, -0.2) is 23.1 Å². The zero-order valence-electron chi connectivity index (χ0n) is 15.5. The summed E-state index contributed by atoms with van der Waals surface area (Å²) in [7, 11) is 0. The predicted octanol–water partition coefficient (Wildman–Crippen LogP) is 4.66. The van der Waals surface area contributed by atoms with Gasteiger partial charge in [-0.05, 0) is 48.6 Å². The van der Waals surface area contributed by atoms with Crippen molar-refractivity contribution >= 4 is 23.4 Å². The smallest absolute Gasteiger partial charge is 0.227 e. The molecule has 0 radical (unpaired) electrons. The summed E-state index contributed by atoms with van der Waals surface area (Å²) >= 11 is 6.06. The van der Waals surface area contributed by atoms with Crippen molar-refractivity contribution in [1.82, 2.24) is 9.97 Å². The Kier molecular flexibility index (Phi) is 5.26. The number of halogens is 1. The van der Waals surface area contributed by atoms with Crippen molar-refractivity contribution < 1.29 is 0 Å². The lowest BCUT2D eigenvalue weighted by molar-refractivity contribution is 0.706. The molecule has 0 amide bonds. The third-order valence-electron chi connectivity index (χ3n) is 4.86. The third kappa shape index (κ3) is 4.40. The number of anilines is 2. The van der Waals surface area contributed by atoms with E-state index < -0.39 is 0 Å². The first-order valence-corrected chi connectivity index (χ1v) is 9.71. The van der Waals surface area contributed by atoms with E-state index >= 15 is 0 Å². The van der Waals surface area contributed by atoms with Crippen LogP contribution in [-0.2, 0) is 19.4 Å². The Morgan fingerprint density at radius 2 is 1.89 bits per heavy atom. The Balaban J connectivity index is 1.44. The van der Waals surface area contributed by atoms with Gasteiger partial charge in [0.05, 0.1) is 0 Å². The van der Waals surface area contributed by atoms with Gasteiger partial charge in [-0.2, -0.15) is 4.98 Å². The fraction of sp³-hybridized carbons (Fsp3) is 0.273. The van der Waals surface area contributed by atoms with Gasteiger partial charge in [-0.25, -0.2) is 4.98 Å². The van der Waals surface area contributed by atoms with Gasteiger partial charge in [0.2, 0.25) is 5.95 Å². The van der Waals surface area contributed by atoms with Crippen LogP contribution in [0.2, 0.25) is 5.02 Å². The summed E-state index contributed by atoms with van der Waals surface area (Å²) < 4.78 is 0. The first kappa shape index (κ1) is 17.8. The van der Waals surface area contributed by atoms with Crippen LogP contribution in [0.15, 0.2) is 54.6 Å². The van der Waals surface area contributed by atoms with Gasteiger partial charge < -0.3 is 10.2 Å². The van der Waals surface area contributed by atoms with Gasteiger partial charge in [-0.3, -0.25) is 0 Å². The molecule has 0 saturated carbocycles. The lowest BCUT2D eigenvalue weighted by atomic mass is 10.0. The van der Waals surface area contributed by atoms with Crippen LogP contribution in [0.4, 0.5) is 11.8 Å². The zero-order chi connectivity index (χ0) is 18.6. The van der Waals surface area contributed by atoms with Crippen LogP contribution in [0.3, 0.4) is 0 Å². The molecule has 5 heteroatoms. The molecular weight excluding hydrogens is 356 g/mol. The first-order chi connectivity index (χ1) is 13.2. The minimum atomic E-state index is 0.776. The normalized spacial score (nSPS) is 13.3. The van der Waals surface area contributed by atoms with Crippen molar-refractivity contribution in [2.75, 3.05) is 23.3 Å². The van der Waals surface area contributed by atoms with Crippen LogP contribution >= 0.6 is 11.6 Å². The zero-order valence-corrected chi connectivity index (χ0v) is 16.2. The van der Waals surface area contributed by atoms with Crippen LogP contribution in [0.1, 0.15) is 22.4 Å². The molecule has 1 aliphatic heterocycles. The molecule has 2 aromatic carbocycles. The maximum atomic E-state index is 6.06. The molecular formula is C22H23ClN4. The standard InChI is InChI=1S/C22H23ClN4/c1-16-13-21(24-11-9-17-5-4-8-20(23)14-17)26-22(25-16)27-12-10-18-6-2-3-7-19(18)15-27/h2-8,13-14H,9-12,15H2,1H3,(H,24,25,26).